The molecule has 0 aromatic rings. The molecule has 70 valence electrons. The van der Waals surface area contributed by atoms with E-state index >= 15 is 0 Å². The molecule has 1 saturated heterocycles. The van der Waals surface area contributed by atoms with Crippen LogP contribution in [0.1, 0.15) is 27.2 Å². The zero-order chi connectivity index (χ0) is 8.97. The maximum atomic E-state index is 3.33. The number of hydrogen-bond acceptors (Lipinski definition) is 1. The summed E-state index contributed by atoms with van der Waals surface area (Å²) in [6.45, 7) is 9.21. The van der Waals surface area contributed by atoms with Crippen LogP contribution in [-0.2, 0) is 0 Å². The first-order chi connectivity index (χ1) is 5.74. The van der Waals surface area contributed by atoms with E-state index in [1.54, 1.807) is 0 Å². The van der Waals surface area contributed by atoms with Crippen molar-refractivity contribution in [3.05, 3.63) is 12.2 Å². The summed E-state index contributed by atoms with van der Waals surface area (Å²) in [4.78, 5) is 0. The van der Waals surface area contributed by atoms with E-state index in [1.807, 2.05) is 0 Å². The van der Waals surface area contributed by atoms with Gasteiger partial charge in [0, 0.05) is 0 Å². The van der Waals surface area contributed by atoms with Crippen LogP contribution in [-0.4, -0.2) is 13.1 Å². The van der Waals surface area contributed by atoms with Crippen LogP contribution in [0.4, 0.5) is 0 Å². The van der Waals surface area contributed by atoms with E-state index < -0.39 is 0 Å². The van der Waals surface area contributed by atoms with E-state index in [9.17, 15) is 0 Å². The highest BCUT2D eigenvalue weighted by molar-refractivity contribution is 4.96. The minimum absolute atomic E-state index is 0.701. The number of nitrogens with one attached hydrogen (secondary N) is 1. The Balaban J connectivity index is 2.33. The first-order valence-electron chi connectivity index (χ1n) is 5.13. The van der Waals surface area contributed by atoms with Crippen LogP contribution in [0.2, 0.25) is 0 Å². The van der Waals surface area contributed by atoms with Gasteiger partial charge in [0.25, 0.3) is 0 Å². The molecular formula is C11H21N. The predicted molar refractivity (Wildman–Crippen MR) is 54.1 cm³/mol. The van der Waals surface area contributed by atoms with Crippen LogP contribution in [0.25, 0.3) is 0 Å². The van der Waals surface area contributed by atoms with Crippen molar-refractivity contribution in [3.63, 3.8) is 0 Å². The van der Waals surface area contributed by atoms with Gasteiger partial charge in [-0.2, -0.15) is 0 Å². The Hall–Kier alpha value is -0.300. The summed E-state index contributed by atoms with van der Waals surface area (Å²) in [5, 5.41) is 3.33. The average Bonchev–Trinajstić information content (AvgIpc) is 1.93. The lowest BCUT2D eigenvalue weighted by atomic mass is 9.85. The molecule has 1 aliphatic rings. The van der Waals surface area contributed by atoms with E-state index in [2.05, 4.69) is 38.2 Å². The Morgan fingerprint density at radius 2 is 2.00 bits per heavy atom. The number of allylic oxidation sites excluding steroid dienone is 2. The quantitative estimate of drug-likeness (QED) is 0.634. The third-order valence-corrected chi connectivity index (χ3v) is 2.63. The topological polar surface area (TPSA) is 12.0 Å². The summed E-state index contributed by atoms with van der Waals surface area (Å²) in [7, 11) is 0. The van der Waals surface area contributed by atoms with Gasteiger partial charge < -0.3 is 5.32 Å². The van der Waals surface area contributed by atoms with E-state index in [4.69, 9.17) is 0 Å². The van der Waals surface area contributed by atoms with Gasteiger partial charge in [0.15, 0.2) is 0 Å². The Morgan fingerprint density at radius 1 is 1.33 bits per heavy atom. The second-order valence-corrected chi connectivity index (χ2v) is 4.12. The van der Waals surface area contributed by atoms with Gasteiger partial charge >= 0.3 is 0 Å². The summed E-state index contributed by atoms with van der Waals surface area (Å²) >= 11 is 0. The molecule has 0 radical (unpaired) electrons. The SMILES string of the molecule is CCC(/C=C/C(C)C)C1CNC1. The summed E-state index contributed by atoms with van der Waals surface area (Å²) < 4.78 is 0. The third kappa shape index (κ3) is 2.63. The molecule has 1 aliphatic heterocycles. The Bertz CT molecular complexity index is 145. The van der Waals surface area contributed by atoms with Crippen molar-refractivity contribution in [2.45, 2.75) is 27.2 Å². The Morgan fingerprint density at radius 3 is 2.33 bits per heavy atom. The summed E-state index contributed by atoms with van der Waals surface area (Å²) in [6, 6.07) is 0. The van der Waals surface area contributed by atoms with Gasteiger partial charge in [-0.15, -0.1) is 0 Å². The molecule has 0 aliphatic carbocycles. The van der Waals surface area contributed by atoms with Gasteiger partial charge in [-0.1, -0.05) is 32.9 Å². The maximum absolute atomic E-state index is 3.33. The molecule has 0 aromatic heterocycles. The molecule has 1 nitrogen and oxygen atoms in total. The molecule has 0 saturated carbocycles. The van der Waals surface area contributed by atoms with Crippen molar-refractivity contribution in [2.75, 3.05) is 13.1 Å². The minimum Gasteiger partial charge on any atom is -0.316 e. The number of hydrogen-bond donors (Lipinski definition) is 1. The van der Waals surface area contributed by atoms with E-state index in [1.165, 1.54) is 19.5 Å². The zero-order valence-corrected chi connectivity index (χ0v) is 8.51. The fourth-order valence-electron chi connectivity index (χ4n) is 1.61. The summed E-state index contributed by atoms with van der Waals surface area (Å²) in [6.07, 6.45) is 6.04. The molecule has 0 aromatic carbocycles. The van der Waals surface area contributed by atoms with Crippen molar-refractivity contribution >= 4 is 0 Å². The zero-order valence-electron chi connectivity index (χ0n) is 8.51. The van der Waals surface area contributed by atoms with Crippen molar-refractivity contribution in [2.24, 2.45) is 17.8 Å². The summed E-state index contributed by atoms with van der Waals surface area (Å²) in [5.41, 5.74) is 0. The van der Waals surface area contributed by atoms with E-state index in [-0.39, 0.29) is 0 Å². The second kappa shape index (κ2) is 4.66. The average molecular weight is 167 g/mol. The highest BCUT2D eigenvalue weighted by Crippen LogP contribution is 2.21. The molecule has 1 N–H and O–H groups in total. The molecule has 0 spiro atoms. The van der Waals surface area contributed by atoms with Crippen LogP contribution >= 0.6 is 0 Å². The van der Waals surface area contributed by atoms with Gasteiger partial charge in [0.1, 0.15) is 0 Å². The van der Waals surface area contributed by atoms with Crippen molar-refractivity contribution in [3.8, 4) is 0 Å². The standard InChI is InChI=1S/C11H21N/c1-4-10(6-5-9(2)3)11-7-12-8-11/h5-6,9-12H,4,7-8H2,1-3H3/b6-5+. The number of rotatable bonds is 4. The molecule has 0 bridgehead atoms. The molecule has 0 amide bonds. The third-order valence-electron chi connectivity index (χ3n) is 2.63. The largest absolute Gasteiger partial charge is 0.316 e. The predicted octanol–water partition coefficient (Wildman–Crippen LogP) is 2.44. The summed E-state index contributed by atoms with van der Waals surface area (Å²) in [5.74, 6) is 2.42. The lowest BCUT2D eigenvalue weighted by Gasteiger charge is -2.32. The van der Waals surface area contributed by atoms with E-state index in [0.29, 0.717) is 5.92 Å². The Kier molecular flexibility index (Phi) is 3.80. The van der Waals surface area contributed by atoms with Crippen LogP contribution in [0.5, 0.6) is 0 Å². The maximum Gasteiger partial charge on any atom is -0.000260 e. The van der Waals surface area contributed by atoms with Gasteiger partial charge in [-0.25, -0.2) is 0 Å². The molecular weight excluding hydrogens is 146 g/mol. The van der Waals surface area contributed by atoms with Crippen LogP contribution in [0.15, 0.2) is 12.2 Å². The highest BCUT2D eigenvalue weighted by atomic mass is 14.9. The molecule has 1 unspecified atom stereocenters. The van der Waals surface area contributed by atoms with Crippen molar-refractivity contribution < 1.29 is 0 Å². The van der Waals surface area contributed by atoms with Crippen molar-refractivity contribution in [1.29, 1.82) is 0 Å². The molecule has 1 rings (SSSR count). The first-order valence-corrected chi connectivity index (χ1v) is 5.13. The minimum atomic E-state index is 0.701. The van der Waals surface area contributed by atoms with Gasteiger partial charge in [0.2, 0.25) is 0 Å². The molecule has 1 atom stereocenters. The Labute approximate surface area is 76.2 Å². The lowest BCUT2D eigenvalue weighted by molar-refractivity contribution is 0.266. The van der Waals surface area contributed by atoms with E-state index in [0.717, 1.165) is 11.8 Å². The van der Waals surface area contributed by atoms with Crippen molar-refractivity contribution in [1.82, 2.24) is 5.32 Å². The fourth-order valence-corrected chi connectivity index (χ4v) is 1.61. The van der Waals surface area contributed by atoms with Gasteiger partial charge in [0.05, 0.1) is 0 Å². The smallest absolute Gasteiger partial charge is 0.000260 e. The second-order valence-electron chi connectivity index (χ2n) is 4.12. The van der Waals surface area contributed by atoms with Crippen LogP contribution in [0.3, 0.4) is 0 Å². The molecule has 1 fully saturated rings. The van der Waals surface area contributed by atoms with Gasteiger partial charge in [-0.3, -0.25) is 0 Å². The molecule has 1 heteroatoms. The fraction of sp³-hybridized carbons (Fsp3) is 0.818. The van der Waals surface area contributed by atoms with Gasteiger partial charge in [-0.05, 0) is 37.3 Å². The normalized spacial score (nSPS) is 21.7. The monoisotopic (exact) mass is 167 g/mol. The lowest BCUT2D eigenvalue weighted by Crippen LogP contribution is -2.45. The van der Waals surface area contributed by atoms with Crippen LogP contribution in [0, 0.1) is 17.8 Å². The molecule has 1 heterocycles. The highest BCUT2D eigenvalue weighted by Gasteiger charge is 2.23. The van der Waals surface area contributed by atoms with Crippen LogP contribution < -0.4 is 5.32 Å². The molecule has 12 heavy (non-hydrogen) atoms. The first kappa shape index (κ1) is 9.79.